The Hall–Kier alpha value is -2.63. The quantitative estimate of drug-likeness (QED) is 0.755. The van der Waals surface area contributed by atoms with Gasteiger partial charge < -0.3 is 15.5 Å². The van der Waals surface area contributed by atoms with Crippen molar-refractivity contribution in [3.8, 4) is 0 Å². The van der Waals surface area contributed by atoms with Crippen LogP contribution in [0, 0.1) is 5.92 Å². The Morgan fingerprint density at radius 3 is 2.44 bits per heavy atom. The molecule has 0 bridgehead atoms. The Labute approximate surface area is 160 Å². The van der Waals surface area contributed by atoms with Gasteiger partial charge in [-0.2, -0.15) is 0 Å². The van der Waals surface area contributed by atoms with E-state index < -0.39 is 0 Å². The van der Waals surface area contributed by atoms with Crippen LogP contribution in [0.15, 0.2) is 35.9 Å². The molecule has 1 heterocycles. The summed E-state index contributed by atoms with van der Waals surface area (Å²) in [7, 11) is 0. The molecule has 0 spiro atoms. The van der Waals surface area contributed by atoms with E-state index >= 15 is 0 Å². The van der Waals surface area contributed by atoms with Crippen LogP contribution in [0.2, 0.25) is 0 Å². The predicted molar refractivity (Wildman–Crippen MR) is 105 cm³/mol. The summed E-state index contributed by atoms with van der Waals surface area (Å²) >= 11 is 0. The van der Waals surface area contributed by atoms with Crippen LogP contribution in [0.1, 0.15) is 45.4 Å². The van der Waals surface area contributed by atoms with Gasteiger partial charge in [0, 0.05) is 37.8 Å². The van der Waals surface area contributed by atoms with Crippen LogP contribution < -0.4 is 10.6 Å². The highest BCUT2D eigenvalue weighted by atomic mass is 16.2. The Morgan fingerprint density at radius 1 is 1.11 bits per heavy atom. The van der Waals surface area contributed by atoms with Crippen molar-refractivity contribution in [1.29, 1.82) is 0 Å². The summed E-state index contributed by atoms with van der Waals surface area (Å²) in [4.78, 5) is 37.6. The lowest BCUT2D eigenvalue weighted by Gasteiger charge is -2.19. The molecule has 27 heavy (non-hydrogen) atoms. The van der Waals surface area contributed by atoms with Gasteiger partial charge >= 0.3 is 0 Å². The Balaban J connectivity index is 1.49. The second-order valence-electron chi connectivity index (χ2n) is 7.35. The van der Waals surface area contributed by atoms with E-state index in [-0.39, 0.29) is 30.1 Å². The summed E-state index contributed by atoms with van der Waals surface area (Å²) in [5.74, 6) is -0.518. The zero-order valence-corrected chi connectivity index (χ0v) is 15.8. The molecule has 6 heteroatoms. The maximum absolute atomic E-state index is 12.5. The molecule has 144 valence electrons. The molecule has 1 aromatic rings. The smallest absolute Gasteiger partial charge is 0.229 e. The summed E-state index contributed by atoms with van der Waals surface area (Å²) in [6.45, 7) is 2.64. The summed E-state index contributed by atoms with van der Waals surface area (Å²) < 4.78 is 0. The van der Waals surface area contributed by atoms with Crippen LogP contribution in [0.3, 0.4) is 0 Å². The van der Waals surface area contributed by atoms with Crippen molar-refractivity contribution < 1.29 is 14.4 Å². The minimum atomic E-state index is -0.312. The molecule has 1 saturated heterocycles. The zero-order chi connectivity index (χ0) is 19.2. The first kappa shape index (κ1) is 19.1. The second kappa shape index (κ2) is 8.84. The highest BCUT2D eigenvalue weighted by molar-refractivity contribution is 5.97. The third kappa shape index (κ3) is 5.42. The van der Waals surface area contributed by atoms with Crippen LogP contribution in [0.25, 0.3) is 0 Å². The van der Waals surface area contributed by atoms with E-state index in [1.807, 2.05) is 4.90 Å². The molecule has 1 aliphatic carbocycles. The zero-order valence-electron chi connectivity index (χ0n) is 15.8. The van der Waals surface area contributed by atoms with Gasteiger partial charge in [0.2, 0.25) is 17.7 Å². The van der Waals surface area contributed by atoms with Crippen molar-refractivity contribution in [2.75, 3.05) is 23.7 Å². The number of carbonyl (C=O) groups excluding carboxylic acids is 3. The van der Waals surface area contributed by atoms with Gasteiger partial charge in [-0.15, -0.1) is 0 Å². The van der Waals surface area contributed by atoms with Gasteiger partial charge in [-0.3, -0.25) is 14.4 Å². The van der Waals surface area contributed by atoms with Crippen LogP contribution in [0.4, 0.5) is 11.4 Å². The predicted octanol–water partition coefficient (Wildman–Crippen LogP) is 3.32. The molecule has 1 atom stereocenters. The fourth-order valence-corrected chi connectivity index (χ4v) is 3.66. The molecule has 2 N–H and O–H groups in total. The molecule has 3 rings (SSSR count). The molecule has 1 unspecified atom stereocenters. The lowest BCUT2D eigenvalue weighted by Crippen LogP contribution is -2.29. The van der Waals surface area contributed by atoms with E-state index in [0.717, 1.165) is 19.3 Å². The average molecular weight is 369 g/mol. The number of hydrogen-bond acceptors (Lipinski definition) is 3. The van der Waals surface area contributed by atoms with E-state index in [2.05, 4.69) is 16.7 Å². The number of nitrogens with zero attached hydrogens (tertiary/aromatic N) is 1. The van der Waals surface area contributed by atoms with Gasteiger partial charge in [0.1, 0.15) is 0 Å². The van der Waals surface area contributed by atoms with Gasteiger partial charge in [0.25, 0.3) is 0 Å². The first-order chi connectivity index (χ1) is 13.0. The number of nitrogens with one attached hydrogen (secondary N) is 2. The lowest BCUT2D eigenvalue weighted by atomic mass is 9.97. The Kier molecular flexibility index (Phi) is 6.27. The number of amides is 3. The number of likely N-dealkylation sites (tertiary alicyclic amines) is 1. The molecule has 0 radical (unpaired) electrons. The normalized spacial score (nSPS) is 19.6. The number of hydrogen-bond donors (Lipinski definition) is 2. The molecule has 1 aromatic carbocycles. The first-order valence-corrected chi connectivity index (χ1v) is 9.65. The number of rotatable bonds is 6. The molecule has 0 saturated carbocycles. The van der Waals surface area contributed by atoms with Crippen LogP contribution in [-0.4, -0.2) is 35.7 Å². The molecular formula is C21H27N3O3. The number of anilines is 2. The van der Waals surface area contributed by atoms with Crippen LogP contribution in [0.5, 0.6) is 0 Å². The topological polar surface area (TPSA) is 78.5 Å². The van der Waals surface area contributed by atoms with Crippen molar-refractivity contribution >= 4 is 29.1 Å². The standard InChI is InChI=1S/C21H27N3O3/c1-15(25)22-18-7-9-19(10-8-18)23-21(27)17-13-20(26)24(14-17)12-11-16-5-3-2-4-6-16/h5,7-10,17H,2-4,6,11-14H2,1H3,(H,22,25)(H,23,27). The molecule has 3 amide bonds. The largest absolute Gasteiger partial charge is 0.342 e. The number of carbonyl (C=O) groups is 3. The number of allylic oxidation sites excluding steroid dienone is 1. The highest BCUT2D eigenvalue weighted by Crippen LogP contribution is 2.24. The first-order valence-electron chi connectivity index (χ1n) is 9.65. The lowest BCUT2D eigenvalue weighted by molar-refractivity contribution is -0.128. The number of benzene rings is 1. The van der Waals surface area contributed by atoms with Gasteiger partial charge in [0.05, 0.1) is 5.92 Å². The van der Waals surface area contributed by atoms with Gasteiger partial charge in [0.15, 0.2) is 0 Å². The molecule has 6 nitrogen and oxygen atoms in total. The van der Waals surface area contributed by atoms with Gasteiger partial charge in [-0.05, 0) is 56.4 Å². The maximum Gasteiger partial charge on any atom is 0.229 e. The molecule has 1 aliphatic heterocycles. The monoisotopic (exact) mass is 369 g/mol. The average Bonchev–Trinajstić information content (AvgIpc) is 3.03. The maximum atomic E-state index is 12.5. The summed E-state index contributed by atoms with van der Waals surface area (Å²) in [5.41, 5.74) is 2.79. The minimum Gasteiger partial charge on any atom is -0.342 e. The van der Waals surface area contributed by atoms with E-state index in [9.17, 15) is 14.4 Å². The van der Waals surface area contributed by atoms with Crippen molar-refractivity contribution in [1.82, 2.24) is 4.90 Å². The van der Waals surface area contributed by atoms with Crippen molar-refractivity contribution in [3.05, 3.63) is 35.9 Å². The van der Waals surface area contributed by atoms with Crippen LogP contribution >= 0.6 is 0 Å². The molecular weight excluding hydrogens is 342 g/mol. The van der Waals surface area contributed by atoms with Crippen molar-refractivity contribution in [2.24, 2.45) is 5.92 Å². The van der Waals surface area contributed by atoms with E-state index in [4.69, 9.17) is 0 Å². The van der Waals surface area contributed by atoms with E-state index in [0.29, 0.717) is 24.5 Å². The second-order valence-corrected chi connectivity index (χ2v) is 7.35. The third-order valence-corrected chi connectivity index (χ3v) is 5.15. The molecule has 0 aromatic heterocycles. The minimum absolute atomic E-state index is 0.0626. The summed E-state index contributed by atoms with van der Waals surface area (Å²) in [5, 5.41) is 5.55. The fourth-order valence-electron chi connectivity index (χ4n) is 3.66. The summed E-state index contributed by atoms with van der Waals surface area (Å²) in [6, 6.07) is 6.96. The fraction of sp³-hybridized carbons (Fsp3) is 0.476. The highest BCUT2D eigenvalue weighted by Gasteiger charge is 2.34. The molecule has 2 aliphatic rings. The Bertz CT molecular complexity index is 740. The van der Waals surface area contributed by atoms with Crippen molar-refractivity contribution in [2.45, 2.75) is 45.4 Å². The van der Waals surface area contributed by atoms with Gasteiger partial charge in [-0.25, -0.2) is 0 Å². The van der Waals surface area contributed by atoms with E-state index in [1.165, 1.54) is 25.3 Å². The summed E-state index contributed by atoms with van der Waals surface area (Å²) in [6.07, 6.45) is 8.29. The van der Waals surface area contributed by atoms with Crippen molar-refractivity contribution in [3.63, 3.8) is 0 Å². The molecule has 1 fully saturated rings. The van der Waals surface area contributed by atoms with Crippen LogP contribution in [-0.2, 0) is 14.4 Å². The van der Waals surface area contributed by atoms with E-state index in [1.54, 1.807) is 24.3 Å². The van der Waals surface area contributed by atoms with Gasteiger partial charge in [-0.1, -0.05) is 11.6 Å². The Morgan fingerprint density at radius 2 is 1.81 bits per heavy atom. The SMILES string of the molecule is CC(=O)Nc1ccc(NC(=O)C2CC(=O)N(CCC3=CCCCC3)C2)cc1. The third-order valence-electron chi connectivity index (χ3n) is 5.15.